The minimum Gasteiger partial charge on any atom is -0.507 e. The van der Waals surface area contributed by atoms with E-state index in [1.165, 1.54) is 6.08 Å². The van der Waals surface area contributed by atoms with Gasteiger partial charge in [-0.3, -0.25) is 4.79 Å². The molecule has 5 rings (SSSR count). The minimum atomic E-state index is -0.0325. The molecule has 8 nitrogen and oxygen atoms in total. The first-order valence-corrected chi connectivity index (χ1v) is 11.8. The van der Waals surface area contributed by atoms with Gasteiger partial charge in [-0.05, 0) is 51.0 Å². The number of fused-ring (bicyclic) bond motifs is 3. The average Bonchev–Trinajstić information content (AvgIpc) is 3.19. The van der Waals surface area contributed by atoms with Crippen molar-refractivity contribution in [3.8, 4) is 17.0 Å². The van der Waals surface area contributed by atoms with Gasteiger partial charge in [0.1, 0.15) is 5.75 Å². The third kappa shape index (κ3) is 4.08. The molecule has 2 aliphatic rings. The number of H-pyrrole nitrogens is 1. The number of amides is 1. The molecule has 2 atom stereocenters. The second-order valence-corrected chi connectivity index (χ2v) is 9.35. The number of aromatic amines is 1. The molecule has 178 valence electrons. The summed E-state index contributed by atoms with van der Waals surface area (Å²) >= 11 is 0. The summed E-state index contributed by atoms with van der Waals surface area (Å²) in [6.07, 6.45) is 3.05. The van der Waals surface area contributed by atoms with Gasteiger partial charge in [-0.25, -0.2) is 0 Å². The molecule has 0 radical (unpaired) electrons. The summed E-state index contributed by atoms with van der Waals surface area (Å²) in [4.78, 5) is 18.0. The number of carbonyl (C=O) groups excluding carboxylic acids is 1. The number of nitrogens with one attached hydrogen (secondary N) is 1. The van der Waals surface area contributed by atoms with Gasteiger partial charge in [0.2, 0.25) is 5.91 Å². The second-order valence-electron chi connectivity index (χ2n) is 9.35. The average molecular weight is 463 g/mol. The molecule has 2 saturated heterocycles. The van der Waals surface area contributed by atoms with Crippen molar-refractivity contribution in [2.75, 3.05) is 13.2 Å². The summed E-state index contributed by atoms with van der Waals surface area (Å²) in [5.41, 5.74) is 4.09. The van der Waals surface area contributed by atoms with Gasteiger partial charge in [0, 0.05) is 28.1 Å². The normalized spacial score (nSPS) is 22.3. The summed E-state index contributed by atoms with van der Waals surface area (Å²) in [7, 11) is 0. The highest BCUT2D eigenvalue weighted by atomic mass is 16.5. The fourth-order valence-electron chi connectivity index (χ4n) is 5.25. The quantitative estimate of drug-likeness (QED) is 0.539. The lowest BCUT2D eigenvalue weighted by atomic mass is 9.81. The molecule has 2 fully saturated rings. The van der Waals surface area contributed by atoms with Crippen molar-refractivity contribution in [2.45, 2.75) is 57.4 Å². The van der Waals surface area contributed by atoms with E-state index in [2.05, 4.69) is 21.8 Å². The molecule has 2 bridgehead atoms. The zero-order valence-electron chi connectivity index (χ0n) is 19.5. The third-order valence-electron chi connectivity index (χ3n) is 6.80. The van der Waals surface area contributed by atoms with Crippen LogP contribution in [0.4, 0.5) is 0 Å². The highest BCUT2D eigenvalue weighted by Gasteiger charge is 2.42. The SMILES string of the molecule is C=CC(=O)N1C2COCC1CC(c1[nH]c3nnc(-c4ccccc4O)cc3c1COC(C)C)C2. The molecular formula is C26H30N4O4. The van der Waals surface area contributed by atoms with E-state index >= 15 is 0 Å². The maximum atomic E-state index is 12.5. The number of hydrogen-bond acceptors (Lipinski definition) is 6. The summed E-state index contributed by atoms with van der Waals surface area (Å²) in [5, 5.41) is 20.1. The molecule has 8 heteroatoms. The number of nitrogens with zero attached hydrogens (tertiary/aromatic N) is 3. The first-order chi connectivity index (χ1) is 16.5. The Balaban J connectivity index is 1.55. The molecule has 2 N–H and O–H groups in total. The zero-order valence-corrected chi connectivity index (χ0v) is 19.5. The van der Waals surface area contributed by atoms with Crippen molar-refractivity contribution in [3.63, 3.8) is 0 Å². The Morgan fingerprint density at radius 2 is 2.03 bits per heavy atom. The Morgan fingerprint density at radius 1 is 1.29 bits per heavy atom. The van der Waals surface area contributed by atoms with Crippen LogP contribution in [0.15, 0.2) is 43.0 Å². The molecule has 0 aliphatic carbocycles. The first-order valence-electron chi connectivity index (χ1n) is 11.8. The minimum absolute atomic E-state index is 0.0104. The zero-order chi connectivity index (χ0) is 23.8. The molecule has 2 aromatic heterocycles. The number of morpholine rings is 1. The van der Waals surface area contributed by atoms with Crippen molar-refractivity contribution in [3.05, 3.63) is 54.2 Å². The Kier molecular flexibility index (Phi) is 6.10. The van der Waals surface area contributed by atoms with Crippen molar-refractivity contribution >= 4 is 16.9 Å². The van der Waals surface area contributed by atoms with Crippen LogP contribution in [0.5, 0.6) is 5.75 Å². The van der Waals surface area contributed by atoms with Gasteiger partial charge in [0.15, 0.2) is 5.65 Å². The van der Waals surface area contributed by atoms with Crippen molar-refractivity contribution in [1.82, 2.24) is 20.1 Å². The van der Waals surface area contributed by atoms with Crippen LogP contribution in [0.2, 0.25) is 0 Å². The predicted molar refractivity (Wildman–Crippen MR) is 128 cm³/mol. The topological polar surface area (TPSA) is 101 Å². The van der Waals surface area contributed by atoms with Crippen molar-refractivity contribution in [2.24, 2.45) is 0 Å². The van der Waals surface area contributed by atoms with E-state index < -0.39 is 0 Å². The number of ether oxygens (including phenoxy) is 2. The van der Waals surface area contributed by atoms with E-state index in [-0.39, 0.29) is 35.8 Å². The largest absolute Gasteiger partial charge is 0.507 e. The molecule has 4 heterocycles. The van der Waals surface area contributed by atoms with E-state index in [4.69, 9.17) is 9.47 Å². The number of benzene rings is 1. The maximum absolute atomic E-state index is 12.5. The number of aromatic nitrogens is 3. The van der Waals surface area contributed by atoms with E-state index in [9.17, 15) is 9.90 Å². The van der Waals surface area contributed by atoms with Gasteiger partial charge in [-0.15, -0.1) is 10.2 Å². The number of rotatable bonds is 6. The van der Waals surface area contributed by atoms with Gasteiger partial charge in [0.05, 0.1) is 43.7 Å². The lowest BCUT2D eigenvalue weighted by Gasteiger charge is -2.48. The smallest absolute Gasteiger partial charge is 0.246 e. The number of hydrogen-bond donors (Lipinski definition) is 2. The van der Waals surface area contributed by atoms with E-state index in [0.717, 1.165) is 29.5 Å². The van der Waals surface area contributed by atoms with Gasteiger partial charge in [-0.2, -0.15) is 0 Å². The van der Waals surface area contributed by atoms with E-state index in [0.29, 0.717) is 36.7 Å². The molecule has 2 unspecified atom stereocenters. The van der Waals surface area contributed by atoms with Crippen LogP contribution < -0.4 is 0 Å². The number of phenols is 1. The van der Waals surface area contributed by atoms with E-state index in [1.54, 1.807) is 12.1 Å². The molecular weight excluding hydrogens is 432 g/mol. The predicted octanol–water partition coefficient (Wildman–Crippen LogP) is 3.91. The van der Waals surface area contributed by atoms with E-state index in [1.807, 2.05) is 36.9 Å². The van der Waals surface area contributed by atoms with Crippen molar-refractivity contribution < 1.29 is 19.4 Å². The number of carbonyl (C=O) groups is 1. The maximum Gasteiger partial charge on any atom is 0.246 e. The molecule has 1 amide bonds. The standard InChI is InChI=1S/C26H30N4O4/c1-4-24(32)30-17-9-16(10-18(30)13-33-12-17)25-21(14-34-15(2)3)20-11-22(28-29-26(20)27-25)19-7-5-6-8-23(19)31/h4-8,11,15-18,31H,1,9-10,12-14H2,2-3H3,(H,27,29). The molecule has 0 saturated carbocycles. The highest BCUT2D eigenvalue weighted by Crippen LogP contribution is 2.41. The second kappa shape index (κ2) is 9.19. The Bertz CT molecular complexity index is 1210. The number of aromatic hydroxyl groups is 1. The Morgan fingerprint density at radius 3 is 2.71 bits per heavy atom. The van der Waals surface area contributed by atoms with Crippen molar-refractivity contribution in [1.29, 1.82) is 0 Å². The summed E-state index contributed by atoms with van der Waals surface area (Å²) in [6.45, 7) is 9.21. The van der Waals surface area contributed by atoms with Crippen LogP contribution in [0, 0.1) is 0 Å². The monoisotopic (exact) mass is 462 g/mol. The van der Waals surface area contributed by atoms with Crippen LogP contribution in [-0.2, 0) is 20.9 Å². The number of phenolic OH excluding ortho intramolecular Hbond substituents is 1. The summed E-state index contributed by atoms with van der Waals surface area (Å²) < 4.78 is 11.8. The van der Waals surface area contributed by atoms with Gasteiger partial charge in [-0.1, -0.05) is 18.7 Å². The van der Waals surface area contributed by atoms with Gasteiger partial charge < -0.3 is 24.5 Å². The molecule has 2 aliphatic heterocycles. The molecule has 1 aromatic carbocycles. The van der Waals surface area contributed by atoms with Crippen LogP contribution >= 0.6 is 0 Å². The molecule has 0 spiro atoms. The van der Waals surface area contributed by atoms with Crippen LogP contribution in [0.25, 0.3) is 22.3 Å². The third-order valence-corrected chi connectivity index (χ3v) is 6.80. The number of para-hydroxylation sites is 1. The Labute approximate surface area is 198 Å². The Hall–Kier alpha value is -3.23. The molecule has 3 aromatic rings. The number of piperidine rings is 1. The van der Waals surface area contributed by atoms with Gasteiger partial charge >= 0.3 is 0 Å². The molecule has 34 heavy (non-hydrogen) atoms. The summed E-state index contributed by atoms with van der Waals surface area (Å²) in [5.74, 6) is 0.343. The fourth-order valence-corrected chi connectivity index (χ4v) is 5.25. The summed E-state index contributed by atoms with van der Waals surface area (Å²) in [6, 6.07) is 9.11. The van der Waals surface area contributed by atoms with Crippen LogP contribution in [-0.4, -0.2) is 62.5 Å². The fraction of sp³-hybridized carbons (Fsp3) is 0.423. The van der Waals surface area contributed by atoms with Gasteiger partial charge in [0.25, 0.3) is 0 Å². The van der Waals surface area contributed by atoms with Crippen LogP contribution in [0.3, 0.4) is 0 Å². The highest BCUT2D eigenvalue weighted by molar-refractivity contribution is 5.88. The van der Waals surface area contributed by atoms with Crippen LogP contribution in [0.1, 0.15) is 43.9 Å². The lowest BCUT2D eigenvalue weighted by molar-refractivity contribution is -0.146. The first kappa shape index (κ1) is 22.6. The lowest BCUT2D eigenvalue weighted by Crippen LogP contribution is -2.58.